The fraction of sp³-hybridized carbons (Fsp3) is 0.280. The zero-order chi connectivity index (χ0) is 26.0. The molecule has 8 nitrogen and oxygen atoms in total. The number of carbonyl (C=O) groups is 1. The van der Waals surface area contributed by atoms with E-state index in [1.165, 1.54) is 39.8 Å². The number of rotatable bonds is 8. The quantitative estimate of drug-likeness (QED) is 0.358. The molecule has 1 atom stereocenters. The first-order valence-corrected chi connectivity index (χ1v) is 11.3. The van der Waals surface area contributed by atoms with Crippen LogP contribution in [0.4, 0.5) is 19.0 Å². The van der Waals surface area contributed by atoms with Gasteiger partial charge < -0.3 is 15.6 Å². The highest BCUT2D eigenvalue weighted by Gasteiger charge is 2.26. The number of imidazole rings is 1. The van der Waals surface area contributed by atoms with Gasteiger partial charge in [0.2, 0.25) is 5.91 Å². The van der Waals surface area contributed by atoms with Gasteiger partial charge in [-0.3, -0.25) is 4.79 Å². The molecule has 1 unspecified atom stereocenters. The summed E-state index contributed by atoms with van der Waals surface area (Å²) in [6.07, 6.45) is 2.24. The number of aryl methyl sites for hydroxylation is 1. The maximum atomic E-state index is 13.8. The van der Waals surface area contributed by atoms with Crippen molar-refractivity contribution in [3.8, 4) is 11.8 Å². The third-order valence-corrected chi connectivity index (χ3v) is 5.88. The van der Waals surface area contributed by atoms with Gasteiger partial charge in [0.15, 0.2) is 11.6 Å². The maximum absolute atomic E-state index is 13.8. The highest BCUT2D eigenvalue weighted by Crippen LogP contribution is 2.26. The first-order valence-electron chi connectivity index (χ1n) is 11.3. The number of hydrogen-bond acceptors (Lipinski definition) is 5. The lowest BCUT2D eigenvalue weighted by Gasteiger charge is -2.22. The number of fused-ring (bicyclic) bond motifs is 1. The van der Waals surface area contributed by atoms with Crippen LogP contribution in [0.25, 0.3) is 16.7 Å². The molecule has 3 N–H and O–H groups in total. The van der Waals surface area contributed by atoms with Crippen molar-refractivity contribution in [3.05, 3.63) is 71.4 Å². The van der Waals surface area contributed by atoms with Crippen LogP contribution in [0.3, 0.4) is 0 Å². The lowest BCUT2D eigenvalue weighted by Crippen LogP contribution is -2.36. The Balaban J connectivity index is 1.45. The van der Waals surface area contributed by atoms with E-state index in [0.717, 1.165) is 12.1 Å². The topological polar surface area (TPSA) is 115 Å². The normalized spacial score (nSPS) is 12.1. The summed E-state index contributed by atoms with van der Waals surface area (Å²) in [5.41, 5.74) is 7.88. The molecule has 0 aliphatic carbocycles. The maximum Gasteiger partial charge on any atom is 0.243 e. The van der Waals surface area contributed by atoms with E-state index in [1.807, 2.05) is 13.8 Å². The summed E-state index contributed by atoms with van der Waals surface area (Å²) in [4.78, 5) is 17.1. The number of carbonyl (C=O) groups excluding carboxylic acids is 1. The van der Waals surface area contributed by atoms with Gasteiger partial charge in [0.05, 0.1) is 28.7 Å². The molecule has 0 saturated heterocycles. The number of nitrogens with one attached hydrogen (secondary N) is 1. The van der Waals surface area contributed by atoms with Gasteiger partial charge in [-0.1, -0.05) is 13.8 Å². The van der Waals surface area contributed by atoms with Crippen LogP contribution >= 0.6 is 0 Å². The first kappa shape index (κ1) is 24.8. The number of nitrogen functional groups attached to an aromatic ring is 1. The molecule has 186 valence electrons. The summed E-state index contributed by atoms with van der Waals surface area (Å²) in [5.74, 6) is -2.73. The van der Waals surface area contributed by atoms with Crippen molar-refractivity contribution in [2.45, 2.75) is 32.7 Å². The first-order chi connectivity index (χ1) is 17.2. The van der Waals surface area contributed by atoms with Crippen LogP contribution in [-0.4, -0.2) is 31.8 Å². The Morgan fingerprint density at radius 3 is 2.53 bits per heavy atom. The number of hydrogen-bond donors (Lipinski definition) is 2. The molecule has 0 radical (unpaired) electrons. The third kappa shape index (κ3) is 4.75. The third-order valence-electron chi connectivity index (χ3n) is 5.88. The van der Waals surface area contributed by atoms with Crippen LogP contribution in [0.1, 0.15) is 37.6 Å². The highest BCUT2D eigenvalue weighted by molar-refractivity contribution is 5.84. The second-order valence-corrected chi connectivity index (χ2v) is 8.70. The van der Waals surface area contributed by atoms with Gasteiger partial charge in [-0.2, -0.15) is 10.4 Å². The van der Waals surface area contributed by atoms with Crippen molar-refractivity contribution < 1.29 is 18.0 Å². The van der Waals surface area contributed by atoms with E-state index < -0.39 is 23.5 Å². The van der Waals surface area contributed by atoms with E-state index in [2.05, 4.69) is 21.5 Å². The van der Waals surface area contributed by atoms with Gasteiger partial charge >= 0.3 is 0 Å². The molecule has 0 spiro atoms. The number of aromatic nitrogens is 4. The van der Waals surface area contributed by atoms with E-state index >= 15 is 0 Å². The lowest BCUT2D eigenvalue weighted by atomic mass is 10.0. The fourth-order valence-corrected chi connectivity index (χ4v) is 4.12. The number of halogens is 3. The molecule has 0 aliphatic heterocycles. The van der Waals surface area contributed by atoms with Crippen molar-refractivity contribution in [1.82, 2.24) is 24.6 Å². The Morgan fingerprint density at radius 1 is 1.17 bits per heavy atom. The molecular formula is C25H24F3N7O. The minimum absolute atomic E-state index is 0.152. The number of amides is 1. The van der Waals surface area contributed by atoms with Gasteiger partial charge in [0.1, 0.15) is 29.3 Å². The summed E-state index contributed by atoms with van der Waals surface area (Å²) in [6, 6.07) is 8.97. The minimum Gasteiger partial charge on any atom is -0.382 e. The van der Waals surface area contributed by atoms with Crippen LogP contribution in [0.5, 0.6) is 0 Å². The van der Waals surface area contributed by atoms with E-state index in [1.54, 1.807) is 0 Å². The van der Waals surface area contributed by atoms with Crippen molar-refractivity contribution >= 4 is 22.8 Å². The number of anilines is 1. The van der Waals surface area contributed by atoms with Gasteiger partial charge in [-0.05, 0) is 43.0 Å². The molecule has 0 saturated carbocycles. The van der Waals surface area contributed by atoms with Gasteiger partial charge in [0, 0.05) is 18.7 Å². The van der Waals surface area contributed by atoms with E-state index in [9.17, 15) is 23.2 Å². The molecule has 0 aliphatic rings. The average molecular weight is 496 g/mol. The number of nitriles is 1. The summed E-state index contributed by atoms with van der Waals surface area (Å²) in [6.45, 7) is 3.98. The summed E-state index contributed by atoms with van der Waals surface area (Å²) in [7, 11) is 0. The Morgan fingerprint density at radius 2 is 1.86 bits per heavy atom. The molecule has 0 fully saturated rings. The molecule has 2 aromatic carbocycles. The molecule has 4 aromatic rings. The zero-order valence-electron chi connectivity index (χ0n) is 19.7. The summed E-state index contributed by atoms with van der Waals surface area (Å²) < 4.78 is 43.6. The lowest BCUT2D eigenvalue weighted by molar-refractivity contribution is -0.125. The van der Waals surface area contributed by atoms with Gasteiger partial charge in [-0.25, -0.2) is 22.8 Å². The Hall–Kier alpha value is -4.33. The Labute approximate surface area is 205 Å². The van der Waals surface area contributed by atoms with Crippen LogP contribution in [0.15, 0.2) is 42.7 Å². The van der Waals surface area contributed by atoms with E-state index in [0.29, 0.717) is 29.7 Å². The zero-order valence-corrected chi connectivity index (χ0v) is 19.7. The standard InChI is InChI=1S/C25H24F3N7O/c1-14(2)23(34-13-32-21-10-18(27)19(28)11-22(21)34)25(36)31-9-3-4-20-17(12-29)24(30)35(33-20)16-7-5-15(26)6-8-16/h5-8,10-11,13-14,23H,3-4,9,30H2,1-2H3,(H,31,36). The predicted molar refractivity (Wildman–Crippen MR) is 128 cm³/mol. The molecule has 11 heteroatoms. The van der Waals surface area contributed by atoms with Crippen LogP contribution in [0, 0.1) is 34.7 Å². The number of nitrogens with two attached hydrogens (primary N) is 1. The molecule has 2 heterocycles. The molecule has 4 rings (SSSR count). The van der Waals surface area contributed by atoms with E-state index in [-0.39, 0.29) is 35.3 Å². The Kier molecular flexibility index (Phi) is 6.96. The van der Waals surface area contributed by atoms with Crippen molar-refractivity contribution in [2.75, 3.05) is 12.3 Å². The van der Waals surface area contributed by atoms with Crippen LogP contribution < -0.4 is 11.1 Å². The smallest absolute Gasteiger partial charge is 0.243 e. The molecule has 2 aromatic heterocycles. The molecule has 1 amide bonds. The molecule has 0 bridgehead atoms. The summed E-state index contributed by atoms with van der Waals surface area (Å²) >= 11 is 0. The van der Waals surface area contributed by atoms with Gasteiger partial charge in [0.25, 0.3) is 0 Å². The second kappa shape index (κ2) is 10.1. The monoisotopic (exact) mass is 495 g/mol. The molecule has 36 heavy (non-hydrogen) atoms. The predicted octanol–water partition coefficient (Wildman–Crippen LogP) is 4.04. The fourth-order valence-electron chi connectivity index (χ4n) is 4.12. The average Bonchev–Trinajstić information content (AvgIpc) is 3.37. The minimum atomic E-state index is -1.01. The van der Waals surface area contributed by atoms with Gasteiger partial charge in [-0.15, -0.1) is 0 Å². The number of nitrogens with zero attached hydrogens (tertiary/aromatic N) is 5. The summed E-state index contributed by atoms with van der Waals surface area (Å²) in [5, 5.41) is 16.8. The second-order valence-electron chi connectivity index (χ2n) is 8.70. The van der Waals surface area contributed by atoms with Crippen LogP contribution in [-0.2, 0) is 11.2 Å². The SMILES string of the molecule is CC(C)C(C(=O)NCCCc1nn(-c2ccc(F)cc2)c(N)c1C#N)n1cnc2cc(F)c(F)cc21. The Bertz CT molecular complexity index is 1450. The largest absolute Gasteiger partial charge is 0.382 e. The van der Waals surface area contributed by atoms with Crippen molar-refractivity contribution in [2.24, 2.45) is 5.92 Å². The van der Waals surface area contributed by atoms with E-state index in [4.69, 9.17) is 5.73 Å². The van der Waals surface area contributed by atoms with Crippen molar-refractivity contribution in [3.63, 3.8) is 0 Å². The van der Waals surface area contributed by atoms with Crippen LogP contribution in [0.2, 0.25) is 0 Å². The number of benzene rings is 2. The van der Waals surface area contributed by atoms with Crippen molar-refractivity contribution in [1.29, 1.82) is 5.26 Å². The highest BCUT2D eigenvalue weighted by atomic mass is 19.2. The molecular weight excluding hydrogens is 471 g/mol.